The highest BCUT2D eigenvalue weighted by atomic mass is 16.5. The summed E-state index contributed by atoms with van der Waals surface area (Å²) in [5.74, 6) is -1.75. The van der Waals surface area contributed by atoms with Gasteiger partial charge in [0.1, 0.15) is 17.4 Å². The predicted octanol–water partition coefficient (Wildman–Crippen LogP) is 1.45. The highest BCUT2D eigenvalue weighted by Gasteiger charge is 2.30. The zero-order valence-corrected chi connectivity index (χ0v) is 10.4. The van der Waals surface area contributed by atoms with Gasteiger partial charge >= 0.3 is 5.97 Å². The standard InChI is InChI=1S/C13H15NO5/c1-7-4-5-19-11(7)12(16)14-8-2-3-10(15)9(6-8)13(17)18/h2-3,6-7,11,15H,4-5H2,1H3,(H,14,16)(H,17,18). The number of carbonyl (C=O) groups excluding carboxylic acids is 1. The maximum Gasteiger partial charge on any atom is 0.339 e. The number of rotatable bonds is 3. The third-order valence-electron chi connectivity index (χ3n) is 3.14. The monoisotopic (exact) mass is 265 g/mol. The van der Waals surface area contributed by atoms with Gasteiger partial charge in [0.2, 0.25) is 0 Å². The number of hydrogen-bond donors (Lipinski definition) is 3. The maximum atomic E-state index is 11.9. The summed E-state index contributed by atoms with van der Waals surface area (Å²) in [6.45, 7) is 2.48. The predicted molar refractivity (Wildman–Crippen MR) is 67.2 cm³/mol. The van der Waals surface area contributed by atoms with Crippen LogP contribution >= 0.6 is 0 Å². The number of aromatic hydroxyl groups is 1. The maximum absolute atomic E-state index is 11.9. The van der Waals surface area contributed by atoms with Crippen molar-refractivity contribution in [1.82, 2.24) is 0 Å². The van der Waals surface area contributed by atoms with E-state index in [4.69, 9.17) is 9.84 Å². The smallest absolute Gasteiger partial charge is 0.339 e. The molecule has 6 heteroatoms. The Balaban J connectivity index is 2.13. The lowest BCUT2D eigenvalue weighted by atomic mass is 10.0. The second-order valence-electron chi connectivity index (χ2n) is 4.58. The van der Waals surface area contributed by atoms with Gasteiger partial charge in [0.15, 0.2) is 0 Å². The molecule has 0 spiro atoms. The van der Waals surface area contributed by atoms with E-state index >= 15 is 0 Å². The number of ether oxygens (including phenoxy) is 1. The van der Waals surface area contributed by atoms with Crippen LogP contribution in [0, 0.1) is 5.92 Å². The largest absolute Gasteiger partial charge is 0.507 e. The van der Waals surface area contributed by atoms with Crippen molar-refractivity contribution in [3.8, 4) is 5.75 Å². The van der Waals surface area contributed by atoms with Gasteiger partial charge < -0.3 is 20.3 Å². The van der Waals surface area contributed by atoms with Crippen LogP contribution in [0.2, 0.25) is 0 Å². The van der Waals surface area contributed by atoms with Crippen LogP contribution < -0.4 is 5.32 Å². The summed E-state index contributed by atoms with van der Waals surface area (Å²) in [7, 11) is 0. The SMILES string of the molecule is CC1CCOC1C(=O)Nc1ccc(O)c(C(=O)O)c1. The van der Waals surface area contributed by atoms with Crippen molar-refractivity contribution in [3.05, 3.63) is 23.8 Å². The van der Waals surface area contributed by atoms with E-state index in [1.807, 2.05) is 6.92 Å². The van der Waals surface area contributed by atoms with Crippen LogP contribution in [0.1, 0.15) is 23.7 Å². The second-order valence-corrected chi connectivity index (χ2v) is 4.58. The fourth-order valence-electron chi connectivity index (χ4n) is 2.03. The second kappa shape index (κ2) is 5.27. The number of aromatic carboxylic acids is 1. The van der Waals surface area contributed by atoms with E-state index in [1.165, 1.54) is 18.2 Å². The first-order valence-corrected chi connectivity index (χ1v) is 5.98. The number of nitrogens with one attached hydrogen (secondary N) is 1. The molecule has 0 saturated carbocycles. The molecular weight excluding hydrogens is 250 g/mol. The number of carboxylic acids is 1. The van der Waals surface area contributed by atoms with Crippen LogP contribution in [0.25, 0.3) is 0 Å². The first-order valence-electron chi connectivity index (χ1n) is 5.98. The fourth-order valence-corrected chi connectivity index (χ4v) is 2.03. The quantitative estimate of drug-likeness (QED) is 0.719. The number of hydrogen-bond acceptors (Lipinski definition) is 4. The number of anilines is 1. The Bertz CT molecular complexity index is 514. The Morgan fingerprint density at radius 3 is 2.74 bits per heavy atom. The molecule has 1 heterocycles. The van der Waals surface area contributed by atoms with E-state index in [0.29, 0.717) is 12.3 Å². The first-order chi connectivity index (χ1) is 8.99. The lowest BCUT2D eigenvalue weighted by Gasteiger charge is -2.14. The molecule has 0 radical (unpaired) electrons. The molecule has 1 aromatic carbocycles. The minimum Gasteiger partial charge on any atom is -0.507 e. The minimum atomic E-state index is -1.25. The van der Waals surface area contributed by atoms with Gasteiger partial charge in [-0.25, -0.2) is 4.79 Å². The lowest BCUT2D eigenvalue weighted by Crippen LogP contribution is -2.31. The Kier molecular flexibility index (Phi) is 3.71. The molecule has 1 aromatic rings. The summed E-state index contributed by atoms with van der Waals surface area (Å²) < 4.78 is 5.32. The first kappa shape index (κ1) is 13.4. The van der Waals surface area contributed by atoms with Gasteiger partial charge in [-0.3, -0.25) is 4.79 Å². The molecule has 0 aromatic heterocycles. The molecule has 102 valence electrons. The molecule has 0 aliphatic carbocycles. The van der Waals surface area contributed by atoms with Crippen LogP contribution in [0.15, 0.2) is 18.2 Å². The molecule has 3 N–H and O–H groups in total. The third-order valence-corrected chi connectivity index (χ3v) is 3.14. The van der Waals surface area contributed by atoms with Crippen molar-refractivity contribution < 1.29 is 24.5 Å². The van der Waals surface area contributed by atoms with Gasteiger partial charge in [-0.2, -0.15) is 0 Å². The Morgan fingerprint density at radius 2 is 2.16 bits per heavy atom. The summed E-state index contributed by atoms with van der Waals surface area (Å²) in [4.78, 5) is 22.8. The highest BCUT2D eigenvalue weighted by Crippen LogP contribution is 2.24. The van der Waals surface area contributed by atoms with Crippen LogP contribution in [0.5, 0.6) is 5.75 Å². The van der Waals surface area contributed by atoms with Crippen molar-refractivity contribution in [2.45, 2.75) is 19.4 Å². The van der Waals surface area contributed by atoms with Crippen LogP contribution in [0.4, 0.5) is 5.69 Å². The molecule has 19 heavy (non-hydrogen) atoms. The van der Waals surface area contributed by atoms with E-state index < -0.39 is 12.1 Å². The van der Waals surface area contributed by atoms with E-state index in [1.54, 1.807) is 0 Å². The molecule has 6 nitrogen and oxygen atoms in total. The van der Waals surface area contributed by atoms with E-state index in [2.05, 4.69) is 5.32 Å². The number of amides is 1. The van der Waals surface area contributed by atoms with E-state index in [9.17, 15) is 14.7 Å². The van der Waals surface area contributed by atoms with E-state index in [0.717, 1.165) is 6.42 Å². The summed E-state index contributed by atoms with van der Waals surface area (Å²) in [5, 5.41) is 20.9. The highest BCUT2D eigenvalue weighted by molar-refractivity contribution is 5.97. The third kappa shape index (κ3) is 2.85. The molecular formula is C13H15NO5. The lowest BCUT2D eigenvalue weighted by molar-refractivity contribution is -0.126. The van der Waals surface area contributed by atoms with Gasteiger partial charge in [0.05, 0.1) is 0 Å². The Morgan fingerprint density at radius 1 is 1.42 bits per heavy atom. The van der Waals surface area contributed by atoms with Crippen molar-refractivity contribution in [2.75, 3.05) is 11.9 Å². The summed E-state index contributed by atoms with van der Waals surface area (Å²) >= 11 is 0. The zero-order valence-electron chi connectivity index (χ0n) is 10.4. The molecule has 1 saturated heterocycles. The normalized spacial score (nSPS) is 22.2. The molecule has 1 amide bonds. The van der Waals surface area contributed by atoms with Gasteiger partial charge in [0.25, 0.3) is 5.91 Å². The average molecular weight is 265 g/mol. The van der Waals surface area contributed by atoms with Gasteiger partial charge in [-0.15, -0.1) is 0 Å². The fraction of sp³-hybridized carbons (Fsp3) is 0.385. The van der Waals surface area contributed by atoms with E-state index in [-0.39, 0.29) is 23.1 Å². The molecule has 2 unspecified atom stereocenters. The number of carboxylic acid groups (broad SMARTS) is 1. The summed E-state index contributed by atoms with van der Waals surface area (Å²) in [6, 6.07) is 3.90. The molecule has 1 fully saturated rings. The molecule has 1 aliphatic heterocycles. The van der Waals surface area contributed by atoms with Crippen LogP contribution in [-0.4, -0.2) is 34.8 Å². The van der Waals surface area contributed by atoms with Crippen LogP contribution in [0.3, 0.4) is 0 Å². The molecule has 0 bridgehead atoms. The van der Waals surface area contributed by atoms with Gasteiger partial charge in [-0.1, -0.05) is 6.92 Å². The van der Waals surface area contributed by atoms with Crippen LogP contribution in [-0.2, 0) is 9.53 Å². The van der Waals surface area contributed by atoms with Crippen molar-refractivity contribution >= 4 is 17.6 Å². The van der Waals surface area contributed by atoms with Crippen molar-refractivity contribution in [2.24, 2.45) is 5.92 Å². The number of carbonyl (C=O) groups is 2. The molecule has 2 rings (SSSR count). The summed E-state index contributed by atoms with van der Waals surface area (Å²) in [6.07, 6.45) is 0.315. The molecule has 2 atom stereocenters. The minimum absolute atomic E-state index is 0.135. The van der Waals surface area contributed by atoms with Crippen molar-refractivity contribution in [1.29, 1.82) is 0 Å². The number of benzene rings is 1. The molecule has 1 aliphatic rings. The average Bonchev–Trinajstić information content (AvgIpc) is 2.77. The van der Waals surface area contributed by atoms with Gasteiger partial charge in [0, 0.05) is 12.3 Å². The topological polar surface area (TPSA) is 95.9 Å². The summed E-state index contributed by atoms with van der Waals surface area (Å²) in [5.41, 5.74) is 0.0705. The zero-order chi connectivity index (χ0) is 14.0. The number of phenols is 1. The van der Waals surface area contributed by atoms with Crippen molar-refractivity contribution in [3.63, 3.8) is 0 Å². The Labute approximate surface area is 110 Å². The van der Waals surface area contributed by atoms with Gasteiger partial charge in [-0.05, 0) is 30.5 Å². The Hall–Kier alpha value is -2.08.